The second-order valence-electron chi connectivity index (χ2n) is 6.22. The smallest absolute Gasteiger partial charge is 0.257 e. The number of hydrogen-bond donors (Lipinski definition) is 0. The summed E-state index contributed by atoms with van der Waals surface area (Å²) in [5, 5.41) is 0. The van der Waals surface area contributed by atoms with Gasteiger partial charge in [-0.25, -0.2) is 4.98 Å². The highest BCUT2D eigenvalue weighted by Crippen LogP contribution is 2.32. The van der Waals surface area contributed by atoms with Crippen LogP contribution in [0, 0.1) is 6.92 Å². The van der Waals surface area contributed by atoms with Gasteiger partial charge in [0.2, 0.25) is 5.88 Å². The number of pyridine rings is 1. The first kappa shape index (κ1) is 15.2. The van der Waals surface area contributed by atoms with E-state index in [-0.39, 0.29) is 24.2 Å². The second kappa shape index (κ2) is 6.28. The molecule has 0 radical (unpaired) electrons. The Kier molecular flexibility index (Phi) is 3.98. The number of likely N-dealkylation sites (tertiary alicyclic amines) is 1. The van der Waals surface area contributed by atoms with Crippen LogP contribution in [0.25, 0.3) is 0 Å². The first-order valence-corrected chi connectivity index (χ1v) is 8.28. The van der Waals surface area contributed by atoms with Crippen molar-refractivity contribution in [3.05, 3.63) is 48.0 Å². The van der Waals surface area contributed by atoms with Gasteiger partial charge in [0, 0.05) is 18.9 Å². The molecular formula is C18H20N2O4. The molecule has 0 saturated carbocycles. The summed E-state index contributed by atoms with van der Waals surface area (Å²) in [4.78, 5) is 19.0. The zero-order valence-corrected chi connectivity index (χ0v) is 13.6. The number of rotatable bonds is 3. The molecule has 2 aliphatic rings. The van der Waals surface area contributed by atoms with Crippen molar-refractivity contribution in [2.45, 2.75) is 38.0 Å². The molecule has 0 unspecified atom stereocenters. The Morgan fingerprint density at radius 1 is 1.38 bits per heavy atom. The van der Waals surface area contributed by atoms with Crippen LogP contribution in [0.5, 0.6) is 5.88 Å². The topological polar surface area (TPSA) is 64.8 Å². The Labute approximate surface area is 140 Å². The van der Waals surface area contributed by atoms with E-state index in [4.69, 9.17) is 13.9 Å². The van der Waals surface area contributed by atoms with Crippen molar-refractivity contribution in [2.75, 3.05) is 13.2 Å². The molecule has 1 amide bonds. The van der Waals surface area contributed by atoms with Crippen LogP contribution in [-0.2, 0) is 4.74 Å². The van der Waals surface area contributed by atoms with Gasteiger partial charge in [-0.15, -0.1) is 0 Å². The standard InChI is InChI=1S/C18H20N2O4/c1-12-13(7-10-22-12)18(21)20-11-15(17-14(20)5-4-9-23-17)24-16-6-2-3-8-19-16/h2-3,6-8,10,14-15,17H,4-5,9,11H2,1H3/t14-,15-,17+/m1/s1. The van der Waals surface area contributed by atoms with Crippen molar-refractivity contribution in [1.29, 1.82) is 0 Å². The van der Waals surface area contributed by atoms with Gasteiger partial charge in [0.25, 0.3) is 5.91 Å². The molecule has 0 N–H and O–H groups in total. The Morgan fingerprint density at radius 3 is 3.04 bits per heavy atom. The van der Waals surface area contributed by atoms with E-state index in [2.05, 4.69) is 4.98 Å². The van der Waals surface area contributed by atoms with Gasteiger partial charge in [0.1, 0.15) is 18.0 Å². The maximum Gasteiger partial charge on any atom is 0.257 e. The molecule has 6 heteroatoms. The lowest BCUT2D eigenvalue weighted by atomic mass is 10.0. The van der Waals surface area contributed by atoms with Crippen LogP contribution in [0.15, 0.2) is 41.1 Å². The summed E-state index contributed by atoms with van der Waals surface area (Å²) < 4.78 is 17.2. The highest BCUT2D eigenvalue weighted by atomic mass is 16.5. The molecule has 4 heterocycles. The minimum Gasteiger partial charge on any atom is -0.470 e. The number of hydrogen-bond acceptors (Lipinski definition) is 5. The third-order valence-corrected chi connectivity index (χ3v) is 4.74. The number of nitrogens with zero attached hydrogens (tertiary/aromatic N) is 2. The van der Waals surface area contributed by atoms with Gasteiger partial charge in [-0.2, -0.15) is 0 Å². The number of carbonyl (C=O) groups is 1. The number of amides is 1. The van der Waals surface area contributed by atoms with Crippen molar-refractivity contribution >= 4 is 5.91 Å². The number of carbonyl (C=O) groups excluding carboxylic acids is 1. The molecule has 2 saturated heterocycles. The Hall–Kier alpha value is -2.34. The minimum absolute atomic E-state index is 0.0196. The molecule has 2 fully saturated rings. The maximum atomic E-state index is 12.9. The van der Waals surface area contributed by atoms with Gasteiger partial charge in [-0.1, -0.05) is 6.07 Å². The zero-order valence-electron chi connectivity index (χ0n) is 13.6. The zero-order chi connectivity index (χ0) is 16.5. The fraction of sp³-hybridized carbons (Fsp3) is 0.444. The van der Waals surface area contributed by atoms with Crippen molar-refractivity contribution < 1.29 is 18.7 Å². The summed E-state index contributed by atoms with van der Waals surface area (Å²) in [6, 6.07) is 7.31. The van der Waals surface area contributed by atoms with E-state index < -0.39 is 0 Å². The van der Waals surface area contributed by atoms with Crippen LogP contribution in [0.4, 0.5) is 0 Å². The molecule has 2 aromatic rings. The molecule has 0 aromatic carbocycles. The number of furan rings is 1. The highest BCUT2D eigenvalue weighted by Gasteiger charge is 2.48. The predicted octanol–water partition coefficient (Wildman–Crippen LogP) is 2.43. The van der Waals surface area contributed by atoms with Gasteiger partial charge in [0.05, 0.1) is 24.4 Å². The summed E-state index contributed by atoms with van der Waals surface area (Å²) in [7, 11) is 0. The SMILES string of the molecule is Cc1occc1C(=O)N1C[C@@H](Oc2ccccn2)[C@H]2OCCC[C@H]21. The monoisotopic (exact) mass is 328 g/mol. The van der Waals surface area contributed by atoms with E-state index in [1.165, 1.54) is 0 Å². The van der Waals surface area contributed by atoms with Crippen LogP contribution in [0.1, 0.15) is 29.0 Å². The first-order chi connectivity index (χ1) is 11.7. The van der Waals surface area contributed by atoms with E-state index in [9.17, 15) is 4.79 Å². The van der Waals surface area contributed by atoms with E-state index in [1.807, 2.05) is 23.1 Å². The van der Waals surface area contributed by atoms with Crippen LogP contribution in [0.3, 0.4) is 0 Å². The molecule has 2 aromatic heterocycles. The third kappa shape index (κ3) is 2.67. The average Bonchev–Trinajstić information content (AvgIpc) is 3.20. The number of fused-ring (bicyclic) bond motifs is 1. The number of ether oxygens (including phenoxy) is 2. The quantitative estimate of drug-likeness (QED) is 0.866. The molecule has 4 rings (SSSR count). The Morgan fingerprint density at radius 2 is 2.29 bits per heavy atom. The summed E-state index contributed by atoms with van der Waals surface area (Å²) >= 11 is 0. The van der Waals surface area contributed by atoms with Crippen LogP contribution in [-0.4, -0.2) is 47.2 Å². The van der Waals surface area contributed by atoms with Gasteiger partial charge >= 0.3 is 0 Å². The summed E-state index contributed by atoms with van der Waals surface area (Å²) in [5.74, 6) is 1.18. The summed E-state index contributed by atoms with van der Waals surface area (Å²) in [5.41, 5.74) is 0.609. The normalized spacial score (nSPS) is 26.2. The second-order valence-corrected chi connectivity index (χ2v) is 6.22. The van der Waals surface area contributed by atoms with Crippen molar-refractivity contribution in [1.82, 2.24) is 9.88 Å². The lowest BCUT2D eigenvalue weighted by molar-refractivity contribution is -0.0455. The van der Waals surface area contributed by atoms with Crippen molar-refractivity contribution in [2.24, 2.45) is 0 Å². The van der Waals surface area contributed by atoms with Crippen LogP contribution < -0.4 is 4.74 Å². The molecule has 0 spiro atoms. The number of aryl methyl sites for hydroxylation is 1. The summed E-state index contributed by atoms with van der Waals surface area (Å²) in [6.45, 7) is 3.01. The van der Waals surface area contributed by atoms with Crippen LogP contribution >= 0.6 is 0 Å². The maximum absolute atomic E-state index is 12.9. The Balaban J connectivity index is 1.57. The number of aromatic nitrogens is 1. The molecule has 6 nitrogen and oxygen atoms in total. The van der Waals surface area contributed by atoms with E-state index in [0.29, 0.717) is 30.4 Å². The molecule has 0 bridgehead atoms. The van der Waals surface area contributed by atoms with Crippen LogP contribution in [0.2, 0.25) is 0 Å². The predicted molar refractivity (Wildman–Crippen MR) is 85.9 cm³/mol. The van der Waals surface area contributed by atoms with E-state index in [0.717, 1.165) is 12.8 Å². The molecule has 3 atom stereocenters. The fourth-order valence-electron chi connectivity index (χ4n) is 3.58. The average molecular weight is 328 g/mol. The summed E-state index contributed by atoms with van der Waals surface area (Å²) in [6.07, 6.45) is 4.80. The lowest BCUT2D eigenvalue weighted by Crippen LogP contribution is -2.44. The Bertz CT molecular complexity index is 715. The first-order valence-electron chi connectivity index (χ1n) is 8.28. The highest BCUT2D eigenvalue weighted by molar-refractivity contribution is 5.95. The largest absolute Gasteiger partial charge is 0.470 e. The minimum atomic E-state index is -0.207. The molecule has 24 heavy (non-hydrogen) atoms. The third-order valence-electron chi connectivity index (χ3n) is 4.74. The van der Waals surface area contributed by atoms with Gasteiger partial charge < -0.3 is 18.8 Å². The van der Waals surface area contributed by atoms with Crippen molar-refractivity contribution in [3.63, 3.8) is 0 Å². The fourth-order valence-corrected chi connectivity index (χ4v) is 3.58. The van der Waals surface area contributed by atoms with E-state index >= 15 is 0 Å². The molecule has 0 aliphatic carbocycles. The lowest BCUT2D eigenvalue weighted by Gasteiger charge is -2.31. The van der Waals surface area contributed by atoms with Gasteiger partial charge in [-0.05, 0) is 31.9 Å². The van der Waals surface area contributed by atoms with Gasteiger partial charge in [0.15, 0.2) is 0 Å². The van der Waals surface area contributed by atoms with Crippen molar-refractivity contribution in [3.8, 4) is 5.88 Å². The van der Waals surface area contributed by atoms with E-state index in [1.54, 1.807) is 25.5 Å². The van der Waals surface area contributed by atoms with Gasteiger partial charge in [-0.3, -0.25) is 4.79 Å². The molecular weight excluding hydrogens is 308 g/mol. The molecule has 126 valence electrons. The molecule has 2 aliphatic heterocycles.